The Labute approximate surface area is 123 Å². The fourth-order valence-electron chi connectivity index (χ4n) is 1.84. The summed E-state index contributed by atoms with van der Waals surface area (Å²) in [5.74, 6) is 0.562. The van der Waals surface area contributed by atoms with Gasteiger partial charge in [-0.1, -0.05) is 5.04 Å². The molecule has 1 aliphatic rings. The molecule has 1 saturated heterocycles. The van der Waals surface area contributed by atoms with Crippen molar-refractivity contribution in [2.24, 2.45) is 0 Å². The van der Waals surface area contributed by atoms with Crippen molar-refractivity contribution in [1.29, 1.82) is 0 Å². The fraction of sp³-hybridized carbons (Fsp3) is 0.917. The second kappa shape index (κ2) is 8.68. The molecule has 20 heavy (non-hydrogen) atoms. The Kier molecular flexibility index (Phi) is 7.60. The molecule has 1 rings (SSSR count). The van der Waals surface area contributed by atoms with Crippen molar-refractivity contribution in [1.82, 2.24) is 4.90 Å². The van der Waals surface area contributed by atoms with Gasteiger partial charge in [0, 0.05) is 30.9 Å². The lowest BCUT2D eigenvalue weighted by atomic mass is 10.1. The standard InChI is InChI=1S/C12H23NO6S/c1-12(2,3)17-11(14)13-6-4-10(5-7-13)16-8-9-20-19-18-15/h10,15H,4-9H2,1-3H3. The van der Waals surface area contributed by atoms with Gasteiger partial charge in [0.05, 0.1) is 12.7 Å². The summed E-state index contributed by atoms with van der Waals surface area (Å²) in [6, 6.07) is 0. The highest BCUT2D eigenvalue weighted by molar-refractivity contribution is 7.94. The van der Waals surface area contributed by atoms with Crippen molar-refractivity contribution in [2.75, 3.05) is 25.4 Å². The van der Waals surface area contributed by atoms with E-state index in [2.05, 4.69) is 9.37 Å². The molecule has 1 N–H and O–H groups in total. The maximum absolute atomic E-state index is 11.9. The summed E-state index contributed by atoms with van der Waals surface area (Å²) in [6.07, 6.45) is 1.46. The van der Waals surface area contributed by atoms with E-state index >= 15 is 0 Å². The summed E-state index contributed by atoms with van der Waals surface area (Å²) >= 11 is 0.972. The summed E-state index contributed by atoms with van der Waals surface area (Å²) in [4.78, 5) is 13.6. The third-order valence-electron chi connectivity index (χ3n) is 2.69. The van der Waals surface area contributed by atoms with Gasteiger partial charge in [-0.25, -0.2) is 10.1 Å². The van der Waals surface area contributed by atoms with E-state index in [1.54, 1.807) is 4.90 Å². The van der Waals surface area contributed by atoms with Gasteiger partial charge in [-0.05, 0) is 33.6 Å². The number of amides is 1. The van der Waals surface area contributed by atoms with Crippen LogP contribution in [0.2, 0.25) is 0 Å². The predicted octanol–water partition coefficient (Wildman–Crippen LogP) is 2.47. The van der Waals surface area contributed by atoms with Crippen LogP contribution in [0, 0.1) is 0 Å². The summed E-state index contributed by atoms with van der Waals surface area (Å²) < 4.78 is 15.2. The second-order valence-corrected chi connectivity index (χ2v) is 6.28. The number of hydrogen-bond acceptors (Lipinski definition) is 7. The van der Waals surface area contributed by atoms with E-state index in [-0.39, 0.29) is 12.2 Å². The number of ether oxygens (including phenoxy) is 2. The van der Waals surface area contributed by atoms with Crippen LogP contribution in [0.1, 0.15) is 33.6 Å². The normalized spacial score (nSPS) is 17.3. The highest BCUT2D eigenvalue weighted by atomic mass is 32.2. The molecule has 0 aromatic rings. The van der Waals surface area contributed by atoms with E-state index in [1.807, 2.05) is 20.8 Å². The highest BCUT2D eigenvalue weighted by Gasteiger charge is 2.26. The van der Waals surface area contributed by atoms with Gasteiger partial charge in [-0.2, -0.15) is 0 Å². The number of carbonyl (C=O) groups is 1. The van der Waals surface area contributed by atoms with Gasteiger partial charge in [-0.15, -0.1) is 4.33 Å². The molecule has 0 aliphatic carbocycles. The first-order valence-corrected chi connectivity index (χ1v) is 7.52. The number of piperidine rings is 1. The van der Waals surface area contributed by atoms with Crippen LogP contribution in [0.5, 0.6) is 0 Å². The SMILES string of the molecule is CC(C)(C)OC(=O)N1CCC(OCCSOOO)CC1. The van der Waals surface area contributed by atoms with Crippen LogP contribution in [0.25, 0.3) is 0 Å². The maximum Gasteiger partial charge on any atom is 0.410 e. The molecule has 0 atom stereocenters. The molecule has 1 aliphatic heterocycles. The van der Waals surface area contributed by atoms with E-state index in [4.69, 9.17) is 14.7 Å². The van der Waals surface area contributed by atoms with Gasteiger partial charge in [-0.3, -0.25) is 0 Å². The number of hydrogen-bond donors (Lipinski definition) is 1. The smallest absolute Gasteiger partial charge is 0.410 e. The fourth-order valence-corrected chi connectivity index (χ4v) is 2.11. The first-order valence-electron chi connectivity index (χ1n) is 6.61. The molecule has 1 fully saturated rings. The van der Waals surface area contributed by atoms with E-state index in [0.717, 1.165) is 24.9 Å². The molecule has 0 radical (unpaired) electrons. The van der Waals surface area contributed by atoms with Gasteiger partial charge in [0.1, 0.15) is 5.60 Å². The van der Waals surface area contributed by atoms with Gasteiger partial charge in [0.2, 0.25) is 0 Å². The van der Waals surface area contributed by atoms with E-state index in [9.17, 15) is 4.79 Å². The van der Waals surface area contributed by atoms with Gasteiger partial charge >= 0.3 is 6.09 Å². The van der Waals surface area contributed by atoms with Gasteiger partial charge < -0.3 is 14.4 Å². The van der Waals surface area contributed by atoms with Gasteiger partial charge in [0.25, 0.3) is 0 Å². The van der Waals surface area contributed by atoms with Crippen LogP contribution >= 0.6 is 12.0 Å². The summed E-state index contributed by atoms with van der Waals surface area (Å²) in [5.41, 5.74) is -0.462. The second-order valence-electron chi connectivity index (χ2n) is 5.50. The maximum atomic E-state index is 11.9. The number of likely N-dealkylation sites (tertiary alicyclic amines) is 1. The molecule has 1 amide bonds. The number of rotatable bonds is 6. The Morgan fingerprint density at radius 3 is 2.55 bits per heavy atom. The van der Waals surface area contributed by atoms with E-state index in [0.29, 0.717) is 25.4 Å². The van der Waals surface area contributed by atoms with Crippen LogP contribution in [0.15, 0.2) is 0 Å². The zero-order valence-electron chi connectivity index (χ0n) is 12.2. The minimum Gasteiger partial charge on any atom is -0.444 e. The molecule has 118 valence electrons. The molecule has 7 nitrogen and oxygen atoms in total. The average Bonchev–Trinajstić information content (AvgIpc) is 2.37. The first kappa shape index (κ1) is 17.5. The van der Waals surface area contributed by atoms with Crippen LogP contribution in [0.3, 0.4) is 0 Å². The molecule has 8 heteroatoms. The lowest BCUT2D eigenvalue weighted by Gasteiger charge is -2.33. The third-order valence-corrected chi connectivity index (χ3v) is 3.18. The van der Waals surface area contributed by atoms with E-state index < -0.39 is 5.60 Å². The molecular weight excluding hydrogens is 286 g/mol. The van der Waals surface area contributed by atoms with Crippen molar-refractivity contribution >= 4 is 18.1 Å². The Hall–Kier alpha value is -0.540. The predicted molar refractivity (Wildman–Crippen MR) is 74.0 cm³/mol. The Morgan fingerprint density at radius 2 is 2.00 bits per heavy atom. The number of carbonyl (C=O) groups excluding carboxylic acids is 1. The quantitative estimate of drug-likeness (QED) is 0.349. The van der Waals surface area contributed by atoms with Crippen LogP contribution < -0.4 is 0 Å². The lowest BCUT2D eigenvalue weighted by molar-refractivity contribution is -0.432. The van der Waals surface area contributed by atoms with Crippen molar-refractivity contribution < 1.29 is 28.9 Å². The highest BCUT2D eigenvalue weighted by Crippen LogP contribution is 2.17. The minimum absolute atomic E-state index is 0.143. The van der Waals surface area contributed by atoms with Crippen molar-refractivity contribution in [3.8, 4) is 0 Å². The number of nitrogens with zero attached hydrogens (tertiary/aromatic N) is 1. The average molecular weight is 309 g/mol. The zero-order valence-corrected chi connectivity index (χ0v) is 13.0. The summed E-state index contributed by atoms with van der Waals surface area (Å²) in [6.45, 7) is 7.36. The zero-order chi connectivity index (χ0) is 15.0. The largest absolute Gasteiger partial charge is 0.444 e. The molecular formula is C12H23NO6S. The Morgan fingerprint density at radius 1 is 1.35 bits per heavy atom. The first-order chi connectivity index (χ1) is 9.42. The van der Waals surface area contributed by atoms with Crippen molar-refractivity contribution in [2.45, 2.75) is 45.3 Å². The molecule has 1 heterocycles. The Bertz CT molecular complexity index is 288. The minimum atomic E-state index is -0.462. The molecule has 0 spiro atoms. The summed E-state index contributed by atoms with van der Waals surface area (Å²) in [7, 11) is 0. The molecule has 0 saturated carbocycles. The van der Waals surface area contributed by atoms with E-state index in [1.165, 1.54) is 0 Å². The van der Waals surface area contributed by atoms with Gasteiger partial charge in [0.15, 0.2) is 0 Å². The third kappa shape index (κ3) is 7.30. The molecule has 0 unspecified atom stereocenters. The Balaban J connectivity index is 2.15. The summed E-state index contributed by atoms with van der Waals surface area (Å²) in [5, 5.41) is 11.4. The monoisotopic (exact) mass is 309 g/mol. The van der Waals surface area contributed by atoms with Crippen molar-refractivity contribution in [3.05, 3.63) is 0 Å². The molecule has 0 aromatic heterocycles. The van der Waals surface area contributed by atoms with Crippen LogP contribution in [0.4, 0.5) is 4.79 Å². The topological polar surface area (TPSA) is 77.5 Å². The molecule has 0 aromatic carbocycles. The van der Waals surface area contributed by atoms with Crippen LogP contribution in [-0.4, -0.2) is 53.4 Å². The van der Waals surface area contributed by atoms with Crippen molar-refractivity contribution in [3.63, 3.8) is 0 Å². The molecule has 0 bridgehead atoms. The van der Waals surface area contributed by atoms with Crippen LogP contribution in [-0.2, 0) is 18.8 Å². The lowest BCUT2D eigenvalue weighted by Crippen LogP contribution is -2.43.